The number of hydrogen-bond acceptors (Lipinski definition) is 2. The molecule has 0 amide bonds. The second-order valence-corrected chi connectivity index (χ2v) is 3.48. The smallest absolute Gasteiger partial charge is 0.0540 e. The largest absolute Gasteiger partial charge is 0.396 e. The van der Waals surface area contributed by atoms with Crippen molar-refractivity contribution < 1.29 is 10.2 Å². The van der Waals surface area contributed by atoms with Crippen molar-refractivity contribution in [2.24, 2.45) is 5.92 Å². The van der Waals surface area contributed by atoms with Crippen LogP contribution < -0.4 is 0 Å². The van der Waals surface area contributed by atoms with Gasteiger partial charge in [0.1, 0.15) is 0 Å². The molecule has 0 fully saturated rings. The number of aliphatic hydroxyl groups excluding tert-OH is 2. The Bertz CT molecular complexity index is 91.8. The Morgan fingerprint density at radius 2 is 1.83 bits per heavy atom. The van der Waals surface area contributed by atoms with Crippen molar-refractivity contribution in [3.05, 3.63) is 0 Å². The van der Waals surface area contributed by atoms with Gasteiger partial charge in [0.2, 0.25) is 0 Å². The topological polar surface area (TPSA) is 40.5 Å². The molecule has 0 saturated heterocycles. The molecule has 0 aromatic rings. The van der Waals surface area contributed by atoms with Crippen LogP contribution in [0.5, 0.6) is 0 Å². The van der Waals surface area contributed by atoms with Gasteiger partial charge >= 0.3 is 0 Å². The van der Waals surface area contributed by atoms with Crippen LogP contribution in [0.4, 0.5) is 0 Å². The number of hydrogen-bond donors (Lipinski definition) is 2. The molecule has 0 spiro atoms. The third-order valence-electron chi connectivity index (χ3n) is 2.44. The lowest BCUT2D eigenvalue weighted by Gasteiger charge is -2.17. The van der Waals surface area contributed by atoms with E-state index >= 15 is 0 Å². The summed E-state index contributed by atoms with van der Waals surface area (Å²) in [5.41, 5.74) is 0. The summed E-state index contributed by atoms with van der Waals surface area (Å²) in [5, 5.41) is 17.9. The highest BCUT2D eigenvalue weighted by molar-refractivity contribution is 4.62. The fraction of sp³-hybridized carbons (Fsp3) is 1.00. The fourth-order valence-corrected chi connectivity index (χ4v) is 1.48. The van der Waals surface area contributed by atoms with Crippen LogP contribution >= 0.6 is 0 Å². The molecule has 2 heteroatoms. The Kier molecular flexibility index (Phi) is 7.51. The molecule has 0 aromatic heterocycles. The van der Waals surface area contributed by atoms with Crippen molar-refractivity contribution in [3.63, 3.8) is 0 Å². The van der Waals surface area contributed by atoms with Gasteiger partial charge in [-0.2, -0.15) is 0 Å². The Balaban J connectivity index is 3.32. The molecule has 2 nitrogen and oxygen atoms in total. The molecule has 0 heterocycles. The average molecular weight is 174 g/mol. The standard InChI is InChI=1S/C10H22O2/c1-3-10(9(2)12)7-5-4-6-8-11/h9-12H,3-8H2,1-2H3. The second-order valence-electron chi connectivity index (χ2n) is 3.48. The lowest BCUT2D eigenvalue weighted by atomic mass is 9.94. The molecule has 2 N–H and O–H groups in total. The van der Waals surface area contributed by atoms with E-state index in [1.807, 2.05) is 6.92 Å². The molecule has 2 atom stereocenters. The van der Waals surface area contributed by atoms with Crippen LogP contribution in [-0.4, -0.2) is 22.9 Å². The zero-order valence-electron chi connectivity index (χ0n) is 8.29. The monoisotopic (exact) mass is 174 g/mol. The van der Waals surface area contributed by atoms with Crippen LogP contribution in [0.1, 0.15) is 46.0 Å². The maximum atomic E-state index is 9.32. The van der Waals surface area contributed by atoms with Crippen molar-refractivity contribution in [2.45, 2.75) is 52.1 Å². The zero-order chi connectivity index (χ0) is 9.40. The van der Waals surface area contributed by atoms with E-state index in [2.05, 4.69) is 6.92 Å². The van der Waals surface area contributed by atoms with Crippen LogP contribution in [0.2, 0.25) is 0 Å². The maximum absolute atomic E-state index is 9.32. The van der Waals surface area contributed by atoms with E-state index in [0.717, 1.165) is 32.1 Å². The van der Waals surface area contributed by atoms with Crippen LogP contribution in [0.15, 0.2) is 0 Å². The van der Waals surface area contributed by atoms with Crippen LogP contribution in [0.3, 0.4) is 0 Å². The van der Waals surface area contributed by atoms with Crippen molar-refractivity contribution >= 4 is 0 Å². The van der Waals surface area contributed by atoms with Gasteiger partial charge in [-0.15, -0.1) is 0 Å². The Morgan fingerprint density at radius 1 is 1.17 bits per heavy atom. The summed E-state index contributed by atoms with van der Waals surface area (Å²) in [6, 6.07) is 0. The van der Waals surface area contributed by atoms with Gasteiger partial charge in [-0.3, -0.25) is 0 Å². The quantitative estimate of drug-likeness (QED) is 0.579. The van der Waals surface area contributed by atoms with Gasteiger partial charge in [0.05, 0.1) is 6.10 Å². The Hall–Kier alpha value is -0.0800. The van der Waals surface area contributed by atoms with E-state index in [9.17, 15) is 5.11 Å². The van der Waals surface area contributed by atoms with Crippen molar-refractivity contribution in [2.75, 3.05) is 6.61 Å². The van der Waals surface area contributed by atoms with Crippen molar-refractivity contribution in [1.82, 2.24) is 0 Å². The summed E-state index contributed by atoms with van der Waals surface area (Å²) in [5.74, 6) is 0.448. The molecule has 74 valence electrons. The summed E-state index contributed by atoms with van der Waals surface area (Å²) in [6.45, 7) is 4.27. The predicted molar refractivity (Wildman–Crippen MR) is 51.0 cm³/mol. The van der Waals surface area contributed by atoms with Crippen molar-refractivity contribution in [1.29, 1.82) is 0 Å². The zero-order valence-corrected chi connectivity index (χ0v) is 8.29. The summed E-state index contributed by atoms with van der Waals surface area (Å²) in [6.07, 6.45) is 5.08. The summed E-state index contributed by atoms with van der Waals surface area (Å²) >= 11 is 0. The highest BCUT2D eigenvalue weighted by atomic mass is 16.3. The fourth-order valence-electron chi connectivity index (χ4n) is 1.48. The van der Waals surface area contributed by atoms with Gasteiger partial charge in [-0.25, -0.2) is 0 Å². The summed E-state index contributed by atoms with van der Waals surface area (Å²) in [4.78, 5) is 0. The highest BCUT2D eigenvalue weighted by Gasteiger charge is 2.11. The van der Waals surface area contributed by atoms with Crippen molar-refractivity contribution in [3.8, 4) is 0 Å². The molecule has 0 bridgehead atoms. The number of unbranched alkanes of at least 4 members (excludes halogenated alkanes) is 2. The van der Waals surface area contributed by atoms with E-state index in [4.69, 9.17) is 5.11 Å². The van der Waals surface area contributed by atoms with Crippen LogP contribution in [-0.2, 0) is 0 Å². The van der Waals surface area contributed by atoms with Gasteiger partial charge in [0.25, 0.3) is 0 Å². The van der Waals surface area contributed by atoms with Gasteiger partial charge in [-0.1, -0.05) is 26.2 Å². The highest BCUT2D eigenvalue weighted by Crippen LogP contribution is 2.16. The predicted octanol–water partition coefficient (Wildman–Crippen LogP) is 1.95. The first-order chi connectivity index (χ1) is 5.72. The normalized spacial score (nSPS) is 16.0. The lowest BCUT2D eigenvalue weighted by Crippen LogP contribution is -2.15. The van der Waals surface area contributed by atoms with Gasteiger partial charge < -0.3 is 10.2 Å². The van der Waals surface area contributed by atoms with Gasteiger partial charge in [0.15, 0.2) is 0 Å². The minimum absolute atomic E-state index is 0.177. The first-order valence-electron chi connectivity index (χ1n) is 5.01. The molecule has 12 heavy (non-hydrogen) atoms. The Labute approximate surface area is 75.6 Å². The van der Waals surface area contributed by atoms with Crippen LogP contribution in [0, 0.1) is 5.92 Å². The van der Waals surface area contributed by atoms with E-state index in [1.54, 1.807) is 0 Å². The summed E-state index contributed by atoms with van der Waals surface area (Å²) < 4.78 is 0. The van der Waals surface area contributed by atoms with E-state index in [1.165, 1.54) is 0 Å². The maximum Gasteiger partial charge on any atom is 0.0540 e. The number of rotatable bonds is 7. The molecule has 0 rings (SSSR count). The molecule has 0 aliphatic rings. The minimum Gasteiger partial charge on any atom is -0.396 e. The SMILES string of the molecule is CCC(CCCCCO)C(C)O. The van der Waals surface area contributed by atoms with Crippen LogP contribution in [0.25, 0.3) is 0 Å². The molecule has 0 saturated carbocycles. The second kappa shape index (κ2) is 7.56. The first-order valence-corrected chi connectivity index (χ1v) is 5.01. The molecule has 0 aliphatic heterocycles. The van der Waals surface area contributed by atoms with Gasteiger partial charge in [-0.05, 0) is 25.7 Å². The average Bonchev–Trinajstić information content (AvgIpc) is 2.04. The number of aliphatic hydroxyl groups is 2. The Morgan fingerprint density at radius 3 is 2.25 bits per heavy atom. The molecule has 0 aromatic carbocycles. The first kappa shape index (κ1) is 11.9. The third-order valence-corrected chi connectivity index (χ3v) is 2.44. The lowest BCUT2D eigenvalue weighted by molar-refractivity contribution is 0.115. The molecular formula is C10H22O2. The van der Waals surface area contributed by atoms with E-state index < -0.39 is 0 Å². The third kappa shape index (κ3) is 5.56. The minimum atomic E-state index is -0.177. The molecule has 2 unspecified atom stereocenters. The van der Waals surface area contributed by atoms with E-state index in [0.29, 0.717) is 12.5 Å². The van der Waals surface area contributed by atoms with Gasteiger partial charge in [0, 0.05) is 6.61 Å². The molecule has 0 aliphatic carbocycles. The van der Waals surface area contributed by atoms with E-state index in [-0.39, 0.29) is 6.10 Å². The molecular weight excluding hydrogens is 152 g/mol. The summed E-state index contributed by atoms with van der Waals surface area (Å²) in [7, 11) is 0. The molecule has 0 radical (unpaired) electrons.